The van der Waals surface area contributed by atoms with Crippen LogP contribution in [0.4, 0.5) is 5.82 Å². The number of aromatic nitrogens is 2. The quantitative estimate of drug-likeness (QED) is 0.917. The van der Waals surface area contributed by atoms with Crippen LogP contribution in [-0.4, -0.2) is 58.0 Å². The maximum absolute atomic E-state index is 12.7. The van der Waals surface area contributed by atoms with Gasteiger partial charge in [-0.05, 0) is 25.5 Å². The Morgan fingerprint density at radius 3 is 2.60 bits per heavy atom. The van der Waals surface area contributed by atoms with Crippen LogP contribution in [0.15, 0.2) is 36.7 Å². The molecule has 1 N–H and O–H groups in total. The second-order valence-electron chi connectivity index (χ2n) is 6.07. The van der Waals surface area contributed by atoms with Crippen LogP contribution < -0.4 is 4.90 Å². The molecule has 1 saturated heterocycles. The predicted molar refractivity (Wildman–Crippen MR) is 92.9 cm³/mol. The van der Waals surface area contributed by atoms with E-state index in [0.717, 1.165) is 18.5 Å². The summed E-state index contributed by atoms with van der Waals surface area (Å²) in [6, 6.07) is 7.61. The van der Waals surface area contributed by atoms with E-state index < -0.39 is 5.97 Å². The number of carbonyl (C=O) groups excluding carboxylic acids is 1. The number of hydrogen-bond acceptors (Lipinski definition) is 5. The van der Waals surface area contributed by atoms with Gasteiger partial charge in [0.05, 0.1) is 12.4 Å². The van der Waals surface area contributed by atoms with Crippen LogP contribution in [0.3, 0.4) is 0 Å². The van der Waals surface area contributed by atoms with Crippen molar-refractivity contribution in [3.05, 3.63) is 53.5 Å². The smallest absolute Gasteiger partial charge is 0.356 e. The summed E-state index contributed by atoms with van der Waals surface area (Å²) >= 11 is 0. The Hall–Kier alpha value is -2.96. The third-order valence-electron chi connectivity index (χ3n) is 4.23. The van der Waals surface area contributed by atoms with E-state index in [1.165, 1.54) is 12.4 Å². The second kappa shape index (κ2) is 7.29. The third-order valence-corrected chi connectivity index (χ3v) is 4.23. The van der Waals surface area contributed by atoms with Gasteiger partial charge in [0, 0.05) is 31.7 Å². The van der Waals surface area contributed by atoms with E-state index in [4.69, 9.17) is 5.11 Å². The molecule has 1 aliphatic rings. The average Bonchev–Trinajstić information content (AvgIpc) is 2.87. The van der Waals surface area contributed by atoms with Crippen LogP contribution in [-0.2, 0) is 0 Å². The SMILES string of the molecule is Cc1cccc(C(=O)N2CCCN(c3cnc(C(=O)O)cn3)CC2)c1. The zero-order chi connectivity index (χ0) is 17.8. The van der Waals surface area contributed by atoms with Gasteiger partial charge in [0.1, 0.15) is 5.82 Å². The van der Waals surface area contributed by atoms with Crippen molar-refractivity contribution in [3.8, 4) is 0 Å². The van der Waals surface area contributed by atoms with E-state index in [2.05, 4.69) is 9.97 Å². The van der Waals surface area contributed by atoms with Crippen molar-refractivity contribution >= 4 is 17.7 Å². The minimum absolute atomic E-state index is 0.0397. The molecule has 130 valence electrons. The molecule has 0 radical (unpaired) electrons. The lowest BCUT2D eigenvalue weighted by Gasteiger charge is -2.22. The van der Waals surface area contributed by atoms with Crippen LogP contribution in [0.1, 0.15) is 32.8 Å². The van der Waals surface area contributed by atoms with Gasteiger partial charge in [-0.15, -0.1) is 0 Å². The van der Waals surface area contributed by atoms with E-state index in [-0.39, 0.29) is 11.6 Å². The highest BCUT2D eigenvalue weighted by atomic mass is 16.4. The number of aromatic carboxylic acids is 1. The Labute approximate surface area is 145 Å². The maximum atomic E-state index is 12.7. The molecule has 1 aliphatic heterocycles. The van der Waals surface area contributed by atoms with E-state index >= 15 is 0 Å². The number of nitrogens with zero attached hydrogens (tertiary/aromatic N) is 4. The largest absolute Gasteiger partial charge is 0.476 e. The van der Waals surface area contributed by atoms with Gasteiger partial charge >= 0.3 is 5.97 Å². The van der Waals surface area contributed by atoms with E-state index in [9.17, 15) is 9.59 Å². The molecule has 0 unspecified atom stereocenters. The Balaban J connectivity index is 1.67. The molecule has 0 spiro atoms. The Kier molecular flexibility index (Phi) is 4.92. The van der Waals surface area contributed by atoms with Gasteiger partial charge in [-0.2, -0.15) is 0 Å². The summed E-state index contributed by atoms with van der Waals surface area (Å²) in [6.45, 7) is 4.64. The molecule has 1 aromatic heterocycles. The topological polar surface area (TPSA) is 86.6 Å². The van der Waals surface area contributed by atoms with Gasteiger partial charge < -0.3 is 14.9 Å². The fraction of sp³-hybridized carbons (Fsp3) is 0.333. The fourth-order valence-corrected chi connectivity index (χ4v) is 2.91. The van der Waals surface area contributed by atoms with E-state index in [0.29, 0.717) is 31.0 Å². The molecule has 1 aromatic carbocycles. The lowest BCUT2D eigenvalue weighted by Crippen LogP contribution is -2.35. The maximum Gasteiger partial charge on any atom is 0.356 e. The summed E-state index contributed by atoms with van der Waals surface area (Å²) in [5, 5.41) is 8.89. The number of rotatable bonds is 3. The van der Waals surface area contributed by atoms with Crippen LogP contribution in [0.5, 0.6) is 0 Å². The summed E-state index contributed by atoms with van der Waals surface area (Å²) in [7, 11) is 0. The van der Waals surface area contributed by atoms with Gasteiger partial charge in [-0.3, -0.25) is 4.79 Å². The molecule has 0 bridgehead atoms. The molecule has 0 aliphatic carbocycles. The second-order valence-corrected chi connectivity index (χ2v) is 6.07. The summed E-state index contributed by atoms with van der Waals surface area (Å²) in [5.41, 5.74) is 1.70. The zero-order valence-electron chi connectivity index (χ0n) is 14.1. The Morgan fingerprint density at radius 2 is 1.92 bits per heavy atom. The molecule has 2 aromatic rings. The number of anilines is 1. The summed E-state index contributed by atoms with van der Waals surface area (Å²) < 4.78 is 0. The number of amides is 1. The Bertz CT molecular complexity index is 776. The van der Waals surface area contributed by atoms with Crippen molar-refractivity contribution < 1.29 is 14.7 Å². The van der Waals surface area contributed by atoms with Crippen LogP contribution in [0.25, 0.3) is 0 Å². The molecule has 25 heavy (non-hydrogen) atoms. The molecule has 0 saturated carbocycles. The van der Waals surface area contributed by atoms with Gasteiger partial charge in [0.25, 0.3) is 5.91 Å². The molecule has 0 atom stereocenters. The monoisotopic (exact) mass is 340 g/mol. The van der Waals surface area contributed by atoms with Crippen LogP contribution in [0.2, 0.25) is 0 Å². The summed E-state index contributed by atoms with van der Waals surface area (Å²) in [6.07, 6.45) is 3.56. The Morgan fingerprint density at radius 1 is 1.08 bits per heavy atom. The van der Waals surface area contributed by atoms with Crippen molar-refractivity contribution in [2.24, 2.45) is 0 Å². The molecule has 1 amide bonds. The molecule has 2 heterocycles. The first-order valence-electron chi connectivity index (χ1n) is 8.21. The lowest BCUT2D eigenvalue weighted by atomic mass is 10.1. The zero-order valence-corrected chi connectivity index (χ0v) is 14.1. The average molecular weight is 340 g/mol. The highest BCUT2D eigenvalue weighted by molar-refractivity contribution is 5.94. The minimum Gasteiger partial charge on any atom is -0.476 e. The van der Waals surface area contributed by atoms with Crippen LogP contribution >= 0.6 is 0 Å². The van der Waals surface area contributed by atoms with Gasteiger partial charge in [0.2, 0.25) is 0 Å². The first kappa shape index (κ1) is 16.9. The number of carbonyl (C=O) groups is 2. The summed E-state index contributed by atoms with van der Waals surface area (Å²) in [5.74, 6) is -0.419. The van der Waals surface area contributed by atoms with Crippen molar-refractivity contribution in [2.75, 3.05) is 31.1 Å². The van der Waals surface area contributed by atoms with Gasteiger partial charge in [0.15, 0.2) is 5.69 Å². The normalized spacial score (nSPS) is 14.9. The van der Waals surface area contributed by atoms with Gasteiger partial charge in [-0.25, -0.2) is 14.8 Å². The summed E-state index contributed by atoms with van der Waals surface area (Å²) in [4.78, 5) is 35.5. The standard InChI is InChI=1S/C18H20N4O3/c1-13-4-2-5-14(10-13)17(23)22-7-3-6-21(8-9-22)16-12-19-15(11-20-16)18(24)25/h2,4-5,10-12H,3,6-9H2,1H3,(H,24,25). The third kappa shape index (κ3) is 3.93. The van der Waals surface area contributed by atoms with E-state index in [1.54, 1.807) is 0 Å². The molecule has 7 nitrogen and oxygen atoms in total. The first-order chi connectivity index (χ1) is 12.0. The minimum atomic E-state index is -1.09. The van der Waals surface area contributed by atoms with Gasteiger partial charge in [-0.1, -0.05) is 17.7 Å². The van der Waals surface area contributed by atoms with E-state index in [1.807, 2.05) is 41.0 Å². The van der Waals surface area contributed by atoms with Crippen LogP contribution in [0, 0.1) is 6.92 Å². The molecule has 1 fully saturated rings. The fourth-order valence-electron chi connectivity index (χ4n) is 2.91. The molecule has 3 rings (SSSR count). The number of aryl methyl sites for hydroxylation is 1. The number of carboxylic acids is 1. The first-order valence-corrected chi connectivity index (χ1v) is 8.21. The van der Waals surface area contributed by atoms with Crippen molar-refractivity contribution in [1.82, 2.24) is 14.9 Å². The number of carboxylic acid groups (broad SMARTS) is 1. The highest BCUT2D eigenvalue weighted by Crippen LogP contribution is 2.15. The molecular formula is C18H20N4O3. The van der Waals surface area contributed by atoms with Crippen molar-refractivity contribution in [2.45, 2.75) is 13.3 Å². The number of benzene rings is 1. The molecular weight excluding hydrogens is 320 g/mol. The van der Waals surface area contributed by atoms with Crippen molar-refractivity contribution in [3.63, 3.8) is 0 Å². The predicted octanol–water partition coefficient (Wildman–Crippen LogP) is 1.84. The molecule has 7 heteroatoms. The highest BCUT2D eigenvalue weighted by Gasteiger charge is 2.21. The number of hydrogen-bond donors (Lipinski definition) is 1. The lowest BCUT2D eigenvalue weighted by molar-refractivity contribution is 0.0689. The van der Waals surface area contributed by atoms with Crippen molar-refractivity contribution in [1.29, 1.82) is 0 Å².